The van der Waals surface area contributed by atoms with Gasteiger partial charge in [0.15, 0.2) is 0 Å². The first-order chi connectivity index (χ1) is 14.5. The van der Waals surface area contributed by atoms with E-state index < -0.39 is 28.8 Å². The fraction of sp³-hybridized carbons (Fsp3) is 0.286. The minimum absolute atomic E-state index is 0.0688. The van der Waals surface area contributed by atoms with Gasteiger partial charge in [-0.05, 0) is 37.3 Å². The molecule has 6 nitrogen and oxygen atoms in total. The number of likely N-dealkylation sites (N-methyl/N-ethyl adjacent to an activating group) is 1. The van der Waals surface area contributed by atoms with Crippen molar-refractivity contribution in [3.63, 3.8) is 0 Å². The van der Waals surface area contributed by atoms with Gasteiger partial charge in [-0.2, -0.15) is 13.2 Å². The number of amides is 3. The average molecular weight is 451 g/mol. The summed E-state index contributed by atoms with van der Waals surface area (Å²) in [4.78, 5) is 38.6. The van der Waals surface area contributed by atoms with Crippen LogP contribution in [0.25, 0.3) is 0 Å². The number of nitrogens with zero attached hydrogens (tertiary/aromatic N) is 1. The minimum Gasteiger partial charge on any atom is -0.336 e. The lowest BCUT2D eigenvalue weighted by Crippen LogP contribution is -2.39. The molecule has 2 N–H and O–H groups in total. The predicted molar refractivity (Wildman–Crippen MR) is 112 cm³/mol. The molecular formula is C21H20F3N3O3S. The van der Waals surface area contributed by atoms with Crippen molar-refractivity contribution >= 4 is 40.9 Å². The summed E-state index contributed by atoms with van der Waals surface area (Å²) in [5, 5.41) is 4.32. The Balaban J connectivity index is 1.58. The Bertz CT molecular complexity index is 1010. The van der Waals surface area contributed by atoms with Crippen LogP contribution in [0.3, 0.4) is 0 Å². The maximum absolute atomic E-state index is 12.8. The fourth-order valence-electron chi connectivity index (χ4n) is 2.92. The van der Waals surface area contributed by atoms with Crippen molar-refractivity contribution in [1.29, 1.82) is 0 Å². The number of hydrogen-bond donors (Lipinski definition) is 2. The molecule has 1 aliphatic heterocycles. The first-order valence-corrected chi connectivity index (χ1v) is 10.2. The highest BCUT2D eigenvalue weighted by Gasteiger charge is 2.34. The molecule has 10 heteroatoms. The molecule has 1 heterocycles. The zero-order valence-corrected chi connectivity index (χ0v) is 17.6. The second kappa shape index (κ2) is 9.01. The third-order valence-electron chi connectivity index (χ3n) is 4.63. The molecule has 0 radical (unpaired) electrons. The summed E-state index contributed by atoms with van der Waals surface area (Å²) < 4.78 is 38.5. The first kappa shape index (κ1) is 22.7. The van der Waals surface area contributed by atoms with Crippen molar-refractivity contribution in [2.75, 3.05) is 24.2 Å². The normalized spacial score (nSPS) is 15.6. The monoisotopic (exact) mass is 451 g/mol. The molecule has 0 unspecified atom stereocenters. The van der Waals surface area contributed by atoms with E-state index in [1.54, 1.807) is 12.1 Å². The highest BCUT2D eigenvalue weighted by molar-refractivity contribution is 8.01. The zero-order valence-electron chi connectivity index (χ0n) is 16.7. The molecule has 164 valence electrons. The molecule has 0 bridgehead atoms. The number of aryl methyl sites for hydroxylation is 1. The maximum atomic E-state index is 12.8. The molecule has 1 aliphatic rings. The largest absolute Gasteiger partial charge is 0.416 e. The number of thioether (sulfide) groups is 1. The van der Waals surface area contributed by atoms with Gasteiger partial charge >= 0.3 is 6.18 Å². The van der Waals surface area contributed by atoms with Crippen LogP contribution < -0.4 is 10.6 Å². The predicted octanol–water partition coefficient (Wildman–Crippen LogP) is 3.91. The second-order valence-electron chi connectivity index (χ2n) is 7.17. The van der Waals surface area contributed by atoms with E-state index in [0.717, 1.165) is 29.5 Å². The van der Waals surface area contributed by atoms with Crippen LogP contribution in [0.15, 0.2) is 47.4 Å². The van der Waals surface area contributed by atoms with Gasteiger partial charge in [-0.15, -0.1) is 11.8 Å². The lowest BCUT2D eigenvalue weighted by Gasteiger charge is -2.26. The highest BCUT2D eigenvalue weighted by atomic mass is 32.2. The van der Waals surface area contributed by atoms with Gasteiger partial charge in [0, 0.05) is 24.1 Å². The lowest BCUT2D eigenvalue weighted by molar-refractivity contribution is -0.137. The molecule has 2 aromatic carbocycles. The van der Waals surface area contributed by atoms with Gasteiger partial charge < -0.3 is 15.5 Å². The van der Waals surface area contributed by atoms with Gasteiger partial charge in [-0.3, -0.25) is 14.4 Å². The van der Waals surface area contributed by atoms with Gasteiger partial charge in [0.25, 0.3) is 0 Å². The summed E-state index contributed by atoms with van der Waals surface area (Å²) >= 11 is 1.03. The SMILES string of the molecule is Cc1ccc(NC(=O)CN(C)C(=O)C[C@@H]2Sc3ccc(C(F)(F)F)cc3NC2=O)cc1. The van der Waals surface area contributed by atoms with Crippen LogP contribution in [-0.4, -0.2) is 41.5 Å². The number of halogens is 3. The van der Waals surface area contributed by atoms with Crippen LogP contribution in [-0.2, 0) is 20.6 Å². The third-order valence-corrected chi connectivity index (χ3v) is 5.90. The van der Waals surface area contributed by atoms with E-state index in [0.29, 0.717) is 10.6 Å². The quantitative estimate of drug-likeness (QED) is 0.723. The number of rotatable bonds is 5. The molecule has 0 aliphatic carbocycles. The van der Waals surface area contributed by atoms with Crippen molar-refractivity contribution in [2.45, 2.75) is 29.7 Å². The molecule has 2 aromatic rings. The molecule has 0 fully saturated rings. The molecule has 3 amide bonds. The van der Waals surface area contributed by atoms with E-state index in [1.807, 2.05) is 19.1 Å². The van der Waals surface area contributed by atoms with Crippen LogP contribution >= 0.6 is 11.8 Å². The molecule has 0 spiro atoms. The topological polar surface area (TPSA) is 78.5 Å². The van der Waals surface area contributed by atoms with Gasteiger partial charge in [-0.25, -0.2) is 0 Å². The van der Waals surface area contributed by atoms with Crippen molar-refractivity contribution in [3.8, 4) is 0 Å². The van der Waals surface area contributed by atoms with Gasteiger partial charge in [0.05, 0.1) is 23.0 Å². The van der Waals surface area contributed by atoms with E-state index in [2.05, 4.69) is 10.6 Å². The Morgan fingerprint density at radius 2 is 1.84 bits per heavy atom. The summed E-state index contributed by atoms with van der Waals surface area (Å²) in [6.45, 7) is 1.72. The molecule has 0 saturated heterocycles. The van der Waals surface area contributed by atoms with Crippen molar-refractivity contribution in [1.82, 2.24) is 4.90 Å². The number of anilines is 2. The number of nitrogens with one attached hydrogen (secondary N) is 2. The standard InChI is InChI=1S/C21H20F3N3O3S/c1-12-3-6-14(7-4-12)25-18(28)11-27(2)19(29)10-17-20(30)26-15-9-13(21(22,23)24)5-8-16(15)31-17/h3-9,17H,10-11H2,1-2H3,(H,25,28)(H,26,30)/t17-/m0/s1. The Hall–Kier alpha value is -3.01. The lowest BCUT2D eigenvalue weighted by atomic mass is 10.1. The van der Waals surface area contributed by atoms with Gasteiger partial charge in [-0.1, -0.05) is 17.7 Å². The van der Waals surface area contributed by atoms with E-state index in [-0.39, 0.29) is 24.6 Å². The molecular weight excluding hydrogens is 431 g/mol. The fourth-order valence-corrected chi connectivity index (χ4v) is 4.00. The summed E-state index contributed by atoms with van der Waals surface area (Å²) in [6.07, 6.45) is -4.70. The Morgan fingerprint density at radius 3 is 2.48 bits per heavy atom. The first-order valence-electron chi connectivity index (χ1n) is 9.32. The van der Waals surface area contributed by atoms with Crippen molar-refractivity contribution < 1.29 is 27.6 Å². The van der Waals surface area contributed by atoms with Crippen molar-refractivity contribution in [2.24, 2.45) is 0 Å². The van der Waals surface area contributed by atoms with Crippen LogP contribution in [0.4, 0.5) is 24.5 Å². The van der Waals surface area contributed by atoms with E-state index in [1.165, 1.54) is 18.0 Å². The molecule has 0 aromatic heterocycles. The number of carbonyl (C=O) groups is 3. The third kappa shape index (κ3) is 5.78. The molecule has 1 atom stereocenters. The van der Waals surface area contributed by atoms with Crippen molar-refractivity contribution in [3.05, 3.63) is 53.6 Å². The average Bonchev–Trinajstić information content (AvgIpc) is 2.69. The zero-order chi connectivity index (χ0) is 22.8. The summed E-state index contributed by atoms with van der Waals surface area (Å²) in [5.41, 5.74) is 0.860. The second-order valence-corrected chi connectivity index (χ2v) is 8.42. The van der Waals surface area contributed by atoms with Crippen LogP contribution in [0.5, 0.6) is 0 Å². The molecule has 3 rings (SSSR count). The number of hydrogen-bond acceptors (Lipinski definition) is 4. The van der Waals surface area contributed by atoms with Gasteiger partial charge in [0.1, 0.15) is 0 Å². The Labute approximate surface area is 181 Å². The summed E-state index contributed by atoms with van der Waals surface area (Å²) in [5.74, 6) is -1.37. The van der Waals surface area contributed by atoms with E-state index in [9.17, 15) is 27.6 Å². The number of alkyl halides is 3. The van der Waals surface area contributed by atoms with Crippen LogP contribution in [0, 0.1) is 6.92 Å². The minimum atomic E-state index is -4.51. The van der Waals surface area contributed by atoms with E-state index in [4.69, 9.17) is 0 Å². The molecule has 31 heavy (non-hydrogen) atoms. The summed E-state index contributed by atoms with van der Waals surface area (Å²) in [7, 11) is 1.45. The molecule has 0 saturated carbocycles. The number of benzene rings is 2. The Kier molecular flexibility index (Phi) is 6.59. The Morgan fingerprint density at radius 1 is 1.16 bits per heavy atom. The maximum Gasteiger partial charge on any atom is 0.416 e. The van der Waals surface area contributed by atoms with Crippen LogP contribution in [0.2, 0.25) is 0 Å². The van der Waals surface area contributed by atoms with E-state index >= 15 is 0 Å². The van der Waals surface area contributed by atoms with Crippen LogP contribution in [0.1, 0.15) is 17.5 Å². The number of fused-ring (bicyclic) bond motifs is 1. The van der Waals surface area contributed by atoms with Gasteiger partial charge in [0.2, 0.25) is 17.7 Å². The smallest absolute Gasteiger partial charge is 0.336 e. The number of carbonyl (C=O) groups excluding carboxylic acids is 3. The highest BCUT2D eigenvalue weighted by Crippen LogP contribution is 2.40. The summed E-state index contributed by atoms with van der Waals surface area (Å²) in [6, 6.07) is 10.3.